The van der Waals surface area contributed by atoms with E-state index < -0.39 is 17.5 Å². The number of nitrogen functional groups attached to an aromatic ring is 1. The van der Waals surface area contributed by atoms with Gasteiger partial charge in [0.2, 0.25) is 0 Å². The number of benzene rings is 2. The summed E-state index contributed by atoms with van der Waals surface area (Å²) in [6, 6.07) is 8.12. The minimum absolute atomic E-state index is 0.222. The van der Waals surface area contributed by atoms with Crippen LogP contribution in [0.3, 0.4) is 0 Å². The number of hydrogen-bond acceptors (Lipinski definition) is 2. The van der Waals surface area contributed by atoms with Crippen LogP contribution in [0.2, 0.25) is 0 Å². The molecule has 2 rings (SSSR count). The Morgan fingerprint density at radius 1 is 0.944 bits per heavy atom. The molecule has 0 fully saturated rings. The Bertz CT molecular complexity index is 530. The lowest BCUT2D eigenvalue weighted by Gasteiger charge is -2.09. The topological polar surface area (TPSA) is 38.0 Å². The van der Waals surface area contributed by atoms with Crippen LogP contribution in [0.1, 0.15) is 5.56 Å². The lowest BCUT2D eigenvalue weighted by atomic mass is 10.2. The van der Waals surface area contributed by atoms with Crippen molar-refractivity contribution in [3.05, 3.63) is 59.4 Å². The molecule has 0 radical (unpaired) electrons. The molecule has 94 valence electrons. The van der Waals surface area contributed by atoms with Crippen LogP contribution in [0.15, 0.2) is 36.4 Å². The summed E-state index contributed by atoms with van der Waals surface area (Å²) in [5.74, 6) is -2.85. The predicted octanol–water partition coefficient (Wildman–Crippen LogP) is 3.30. The van der Waals surface area contributed by atoms with Gasteiger partial charge in [-0.2, -0.15) is 0 Å². The van der Waals surface area contributed by atoms with Crippen LogP contribution in [-0.4, -0.2) is 0 Å². The minimum Gasteiger partial charge on any atom is -0.399 e. The normalized spacial score (nSPS) is 10.4. The highest BCUT2D eigenvalue weighted by molar-refractivity contribution is 5.47. The van der Waals surface area contributed by atoms with Crippen molar-refractivity contribution < 1.29 is 13.2 Å². The van der Waals surface area contributed by atoms with Crippen LogP contribution >= 0.6 is 0 Å². The molecule has 0 unspecified atom stereocenters. The first kappa shape index (κ1) is 12.3. The molecule has 0 saturated carbocycles. The molecule has 2 aromatic rings. The van der Waals surface area contributed by atoms with Gasteiger partial charge in [-0.3, -0.25) is 0 Å². The molecule has 0 spiro atoms. The molecule has 3 N–H and O–H groups in total. The molecule has 0 aromatic heterocycles. The summed E-state index contributed by atoms with van der Waals surface area (Å²) in [6.45, 7) is 0.222. The maximum absolute atomic E-state index is 13.3. The van der Waals surface area contributed by atoms with Crippen LogP contribution in [-0.2, 0) is 6.54 Å². The first-order valence-electron chi connectivity index (χ1n) is 5.29. The molecule has 0 aliphatic heterocycles. The van der Waals surface area contributed by atoms with E-state index in [2.05, 4.69) is 5.32 Å². The van der Waals surface area contributed by atoms with Gasteiger partial charge in [0.25, 0.3) is 0 Å². The zero-order chi connectivity index (χ0) is 13.1. The minimum atomic E-state index is -0.956. The second-order valence-electron chi connectivity index (χ2n) is 3.84. The van der Waals surface area contributed by atoms with Crippen molar-refractivity contribution >= 4 is 11.4 Å². The van der Waals surface area contributed by atoms with Crippen LogP contribution < -0.4 is 11.1 Å². The van der Waals surface area contributed by atoms with Crippen molar-refractivity contribution in [3.63, 3.8) is 0 Å². The van der Waals surface area contributed by atoms with E-state index in [1.807, 2.05) is 0 Å². The van der Waals surface area contributed by atoms with E-state index in [-0.39, 0.29) is 12.2 Å². The molecule has 0 heterocycles. The van der Waals surface area contributed by atoms with Crippen molar-refractivity contribution in [2.75, 3.05) is 11.1 Å². The van der Waals surface area contributed by atoms with E-state index in [0.29, 0.717) is 17.8 Å². The Hall–Kier alpha value is -2.17. The van der Waals surface area contributed by atoms with Crippen molar-refractivity contribution in [1.29, 1.82) is 0 Å². The van der Waals surface area contributed by atoms with Gasteiger partial charge >= 0.3 is 0 Å². The Labute approximate surface area is 102 Å². The fourth-order valence-electron chi connectivity index (χ4n) is 1.54. The largest absolute Gasteiger partial charge is 0.399 e. The van der Waals surface area contributed by atoms with Gasteiger partial charge in [0.1, 0.15) is 11.5 Å². The van der Waals surface area contributed by atoms with Crippen LogP contribution in [0, 0.1) is 17.5 Å². The number of anilines is 2. The summed E-state index contributed by atoms with van der Waals surface area (Å²) < 4.78 is 39.3. The fraction of sp³-hybridized carbons (Fsp3) is 0.0769. The summed E-state index contributed by atoms with van der Waals surface area (Å²) in [5, 5.41) is 2.59. The van der Waals surface area contributed by atoms with E-state index in [1.54, 1.807) is 24.3 Å². The maximum atomic E-state index is 13.3. The number of nitrogens with one attached hydrogen (secondary N) is 1. The average molecular weight is 252 g/mol. The van der Waals surface area contributed by atoms with Gasteiger partial charge in [0.05, 0.1) is 0 Å². The van der Waals surface area contributed by atoms with Gasteiger partial charge in [-0.1, -0.05) is 12.1 Å². The maximum Gasteiger partial charge on any atom is 0.152 e. The van der Waals surface area contributed by atoms with Crippen LogP contribution in [0.4, 0.5) is 24.5 Å². The van der Waals surface area contributed by atoms with E-state index in [1.165, 1.54) is 0 Å². The summed E-state index contributed by atoms with van der Waals surface area (Å²) in [4.78, 5) is 0. The predicted molar refractivity (Wildman–Crippen MR) is 64.5 cm³/mol. The Morgan fingerprint density at radius 3 is 2.06 bits per heavy atom. The van der Waals surface area contributed by atoms with Gasteiger partial charge in [-0.15, -0.1) is 0 Å². The molecule has 0 atom stereocenters. The van der Waals surface area contributed by atoms with Crippen molar-refractivity contribution in [2.45, 2.75) is 6.54 Å². The lowest BCUT2D eigenvalue weighted by Crippen LogP contribution is -2.04. The van der Waals surface area contributed by atoms with Gasteiger partial charge < -0.3 is 11.1 Å². The molecule has 18 heavy (non-hydrogen) atoms. The highest BCUT2D eigenvalue weighted by Crippen LogP contribution is 2.21. The van der Waals surface area contributed by atoms with Gasteiger partial charge in [-0.05, 0) is 17.7 Å². The average Bonchev–Trinajstić information content (AvgIpc) is 2.30. The Morgan fingerprint density at radius 2 is 1.50 bits per heavy atom. The van der Waals surface area contributed by atoms with Crippen molar-refractivity contribution in [1.82, 2.24) is 0 Å². The molecule has 0 saturated heterocycles. The number of nitrogens with two attached hydrogens (primary N) is 1. The van der Waals surface area contributed by atoms with Crippen LogP contribution in [0.5, 0.6) is 0 Å². The third kappa shape index (κ3) is 2.74. The van der Waals surface area contributed by atoms with Crippen molar-refractivity contribution in [2.24, 2.45) is 0 Å². The highest BCUT2D eigenvalue weighted by Gasteiger charge is 2.10. The first-order valence-corrected chi connectivity index (χ1v) is 5.29. The molecular formula is C13H11F3N2. The summed E-state index contributed by atoms with van der Waals surface area (Å²) in [5.41, 5.74) is 6.60. The Kier molecular flexibility index (Phi) is 3.41. The van der Waals surface area contributed by atoms with Crippen molar-refractivity contribution in [3.8, 4) is 0 Å². The molecule has 2 aromatic carbocycles. The van der Waals surface area contributed by atoms with Gasteiger partial charge in [0.15, 0.2) is 11.6 Å². The third-order valence-corrected chi connectivity index (χ3v) is 2.46. The molecule has 0 amide bonds. The number of halogens is 3. The zero-order valence-corrected chi connectivity index (χ0v) is 9.38. The summed E-state index contributed by atoms with van der Waals surface area (Å²) >= 11 is 0. The van der Waals surface area contributed by atoms with E-state index in [0.717, 1.165) is 5.56 Å². The standard InChI is InChI=1S/C13H11F3N2/c14-9-5-11(15)13(12(16)6-9)18-7-8-1-3-10(17)4-2-8/h1-6,18H,7,17H2. The summed E-state index contributed by atoms with van der Waals surface area (Å²) in [6.07, 6.45) is 0. The smallest absolute Gasteiger partial charge is 0.152 e. The monoisotopic (exact) mass is 252 g/mol. The third-order valence-electron chi connectivity index (χ3n) is 2.46. The van der Waals surface area contributed by atoms with Crippen LogP contribution in [0.25, 0.3) is 0 Å². The quantitative estimate of drug-likeness (QED) is 0.822. The zero-order valence-electron chi connectivity index (χ0n) is 9.38. The van der Waals surface area contributed by atoms with Gasteiger partial charge in [-0.25, -0.2) is 13.2 Å². The van der Waals surface area contributed by atoms with Gasteiger partial charge in [0, 0.05) is 24.4 Å². The van der Waals surface area contributed by atoms with E-state index in [4.69, 9.17) is 5.73 Å². The lowest BCUT2D eigenvalue weighted by molar-refractivity contribution is 0.547. The molecule has 0 bridgehead atoms. The number of rotatable bonds is 3. The Balaban J connectivity index is 2.13. The summed E-state index contributed by atoms with van der Waals surface area (Å²) in [7, 11) is 0. The molecule has 2 nitrogen and oxygen atoms in total. The van der Waals surface area contributed by atoms with E-state index in [9.17, 15) is 13.2 Å². The molecule has 0 aliphatic rings. The second kappa shape index (κ2) is 5.00. The first-order chi connectivity index (χ1) is 8.56. The highest BCUT2D eigenvalue weighted by atomic mass is 19.1. The molecular weight excluding hydrogens is 241 g/mol. The van der Waals surface area contributed by atoms with E-state index >= 15 is 0 Å². The SMILES string of the molecule is Nc1ccc(CNc2c(F)cc(F)cc2F)cc1. The molecule has 5 heteroatoms. The number of hydrogen-bond donors (Lipinski definition) is 2. The second-order valence-corrected chi connectivity index (χ2v) is 3.84. The fourth-order valence-corrected chi connectivity index (χ4v) is 1.54. The molecule has 0 aliphatic carbocycles.